The van der Waals surface area contributed by atoms with Gasteiger partial charge in [-0.05, 0) is 31.2 Å². The molecular weight excluding hydrogens is 190 g/mol. The van der Waals surface area contributed by atoms with E-state index in [1.807, 2.05) is 37.3 Å². The van der Waals surface area contributed by atoms with Crippen LogP contribution in [-0.4, -0.2) is 23.3 Å². The molecule has 3 heteroatoms. The second-order valence-corrected chi connectivity index (χ2v) is 3.35. The summed E-state index contributed by atoms with van der Waals surface area (Å²) >= 11 is 0. The van der Waals surface area contributed by atoms with Crippen LogP contribution in [0.5, 0.6) is 5.75 Å². The summed E-state index contributed by atoms with van der Waals surface area (Å²) in [5, 5.41) is 9.69. The Morgan fingerprint density at radius 2 is 2.13 bits per heavy atom. The lowest BCUT2D eigenvalue weighted by molar-refractivity contribution is 0.203. The van der Waals surface area contributed by atoms with Crippen molar-refractivity contribution in [2.75, 3.05) is 13.2 Å². The third kappa shape index (κ3) is 2.07. The molecule has 0 aliphatic heterocycles. The minimum Gasteiger partial charge on any atom is -0.490 e. The van der Waals surface area contributed by atoms with Gasteiger partial charge < -0.3 is 9.84 Å². The molecule has 0 unspecified atom stereocenters. The molecule has 2 aromatic rings. The summed E-state index contributed by atoms with van der Waals surface area (Å²) in [5.41, 5.74) is 1.91. The summed E-state index contributed by atoms with van der Waals surface area (Å²) in [6.07, 6.45) is 0. The molecule has 0 radical (unpaired) electrons. The number of aliphatic hydroxyl groups is 1. The molecule has 0 atom stereocenters. The molecule has 1 N–H and O–H groups in total. The standard InChI is InChI=1S/C12H13NO2/c1-9-5-6-10-11(13-9)3-2-4-12(10)15-8-7-14/h2-6,14H,7-8H2,1H3. The van der Waals surface area contributed by atoms with Crippen LogP contribution in [0.2, 0.25) is 0 Å². The maximum Gasteiger partial charge on any atom is 0.128 e. The van der Waals surface area contributed by atoms with Gasteiger partial charge in [-0.3, -0.25) is 4.98 Å². The van der Waals surface area contributed by atoms with Crippen molar-refractivity contribution in [3.63, 3.8) is 0 Å². The fourth-order valence-corrected chi connectivity index (χ4v) is 1.51. The summed E-state index contributed by atoms with van der Waals surface area (Å²) in [7, 11) is 0. The molecule has 2 rings (SSSR count). The Balaban J connectivity index is 2.46. The van der Waals surface area contributed by atoms with E-state index in [1.54, 1.807) is 0 Å². The topological polar surface area (TPSA) is 42.4 Å². The van der Waals surface area contributed by atoms with Gasteiger partial charge in [0.15, 0.2) is 0 Å². The molecule has 0 aliphatic carbocycles. The Bertz CT molecular complexity index is 468. The Morgan fingerprint density at radius 1 is 1.27 bits per heavy atom. The first kappa shape index (κ1) is 9.93. The van der Waals surface area contributed by atoms with Gasteiger partial charge in [-0.2, -0.15) is 0 Å². The lowest BCUT2D eigenvalue weighted by atomic mass is 10.2. The molecule has 15 heavy (non-hydrogen) atoms. The summed E-state index contributed by atoms with van der Waals surface area (Å²) in [5.74, 6) is 0.772. The third-order valence-corrected chi connectivity index (χ3v) is 2.18. The van der Waals surface area contributed by atoms with Crippen LogP contribution >= 0.6 is 0 Å². The van der Waals surface area contributed by atoms with Crippen LogP contribution in [0.15, 0.2) is 30.3 Å². The number of pyridine rings is 1. The molecule has 0 aliphatic rings. The second kappa shape index (κ2) is 4.28. The summed E-state index contributed by atoms with van der Waals surface area (Å²) in [4.78, 5) is 4.40. The Kier molecular flexibility index (Phi) is 2.83. The van der Waals surface area contributed by atoms with Crippen LogP contribution in [-0.2, 0) is 0 Å². The van der Waals surface area contributed by atoms with Gasteiger partial charge in [0, 0.05) is 11.1 Å². The van der Waals surface area contributed by atoms with E-state index in [2.05, 4.69) is 4.98 Å². The number of fused-ring (bicyclic) bond motifs is 1. The van der Waals surface area contributed by atoms with Crippen LogP contribution in [0.1, 0.15) is 5.69 Å². The Labute approximate surface area is 88.3 Å². The maximum atomic E-state index is 8.70. The van der Waals surface area contributed by atoms with E-state index in [0.29, 0.717) is 6.61 Å². The van der Waals surface area contributed by atoms with Gasteiger partial charge in [0.05, 0.1) is 12.1 Å². The predicted molar refractivity (Wildman–Crippen MR) is 59.1 cm³/mol. The lowest BCUT2D eigenvalue weighted by Gasteiger charge is -2.07. The monoisotopic (exact) mass is 203 g/mol. The van der Waals surface area contributed by atoms with E-state index in [0.717, 1.165) is 22.3 Å². The van der Waals surface area contributed by atoms with Gasteiger partial charge in [-0.1, -0.05) is 6.07 Å². The van der Waals surface area contributed by atoms with E-state index < -0.39 is 0 Å². The van der Waals surface area contributed by atoms with Crippen LogP contribution < -0.4 is 4.74 Å². The van der Waals surface area contributed by atoms with E-state index in [4.69, 9.17) is 9.84 Å². The summed E-state index contributed by atoms with van der Waals surface area (Å²) < 4.78 is 5.42. The molecule has 1 aromatic carbocycles. The van der Waals surface area contributed by atoms with Crippen molar-refractivity contribution < 1.29 is 9.84 Å². The van der Waals surface area contributed by atoms with Crippen molar-refractivity contribution in [2.24, 2.45) is 0 Å². The average Bonchev–Trinajstić information content (AvgIpc) is 2.25. The molecule has 0 saturated heterocycles. The van der Waals surface area contributed by atoms with Crippen molar-refractivity contribution in [3.05, 3.63) is 36.0 Å². The number of ether oxygens (including phenoxy) is 1. The maximum absolute atomic E-state index is 8.70. The smallest absolute Gasteiger partial charge is 0.128 e. The minimum absolute atomic E-state index is 0.0235. The average molecular weight is 203 g/mol. The van der Waals surface area contributed by atoms with Gasteiger partial charge in [-0.25, -0.2) is 0 Å². The zero-order valence-corrected chi connectivity index (χ0v) is 8.60. The molecule has 0 fully saturated rings. The summed E-state index contributed by atoms with van der Waals surface area (Å²) in [6, 6.07) is 9.68. The molecule has 1 heterocycles. The van der Waals surface area contributed by atoms with E-state index in [1.165, 1.54) is 0 Å². The van der Waals surface area contributed by atoms with Gasteiger partial charge in [0.25, 0.3) is 0 Å². The second-order valence-electron chi connectivity index (χ2n) is 3.35. The SMILES string of the molecule is Cc1ccc2c(OCCO)cccc2n1. The molecule has 3 nitrogen and oxygen atoms in total. The molecule has 0 amide bonds. The van der Waals surface area contributed by atoms with Crippen LogP contribution in [0, 0.1) is 6.92 Å². The highest BCUT2D eigenvalue weighted by molar-refractivity contribution is 5.85. The number of rotatable bonds is 3. The van der Waals surface area contributed by atoms with Gasteiger partial charge >= 0.3 is 0 Å². The van der Waals surface area contributed by atoms with Crippen LogP contribution in [0.4, 0.5) is 0 Å². The first-order valence-electron chi connectivity index (χ1n) is 4.91. The quantitative estimate of drug-likeness (QED) is 0.828. The summed E-state index contributed by atoms with van der Waals surface area (Å²) in [6.45, 7) is 2.30. The van der Waals surface area contributed by atoms with E-state index in [9.17, 15) is 0 Å². The fraction of sp³-hybridized carbons (Fsp3) is 0.250. The number of aryl methyl sites for hydroxylation is 1. The number of aliphatic hydroxyl groups excluding tert-OH is 1. The number of hydrogen-bond donors (Lipinski definition) is 1. The minimum atomic E-state index is 0.0235. The number of aromatic nitrogens is 1. The first-order valence-corrected chi connectivity index (χ1v) is 4.91. The third-order valence-electron chi connectivity index (χ3n) is 2.18. The molecule has 1 aromatic heterocycles. The van der Waals surface area contributed by atoms with Crippen molar-refractivity contribution in [1.82, 2.24) is 4.98 Å². The molecule has 0 bridgehead atoms. The number of hydrogen-bond acceptors (Lipinski definition) is 3. The van der Waals surface area contributed by atoms with E-state index >= 15 is 0 Å². The molecule has 0 spiro atoms. The predicted octanol–water partition coefficient (Wildman–Crippen LogP) is 1.91. The van der Waals surface area contributed by atoms with Gasteiger partial charge in [0.2, 0.25) is 0 Å². The number of benzene rings is 1. The molecular formula is C12H13NO2. The highest BCUT2D eigenvalue weighted by atomic mass is 16.5. The molecule has 78 valence electrons. The normalized spacial score (nSPS) is 10.5. The van der Waals surface area contributed by atoms with Gasteiger partial charge in [-0.15, -0.1) is 0 Å². The lowest BCUT2D eigenvalue weighted by Crippen LogP contribution is -2.02. The number of nitrogens with zero attached hydrogens (tertiary/aromatic N) is 1. The first-order chi connectivity index (χ1) is 7.31. The fourth-order valence-electron chi connectivity index (χ4n) is 1.51. The highest BCUT2D eigenvalue weighted by Crippen LogP contribution is 2.24. The van der Waals surface area contributed by atoms with Crippen molar-refractivity contribution in [1.29, 1.82) is 0 Å². The van der Waals surface area contributed by atoms with Crippen molar-refractivity contribution in [2.45, 2.75) is 6.92 Å². The Morgan fingerprint density at radius 3 is 2.93 bits per heavy atom. The zero-order valence-electron chi connectivity index (χ0n) is 8.60. The van der Waals surface area contributed by atoms with Gasteiger partial charge in [0.1, 0.15) is 12.4 Å². The Hall–Kier alpha value is -1.61. The largest absolute Gasteiger partial charge is 0.490 e. The molecule has 0 saturated carbocycles. The van der Waals surface area contributed by atoms with Crippen molar-refractivity contribution in [3.8, 4) is 5.75 Å². The van der Waals surface area contributed by atoms with Crippen molar-refractivity contribution >= 4 is 10.9 Å². The highest BCUT2D eigenvalue weighted by Gasteiger charge is 2.02. The van der Waals surface area contributed by atoms with E-state index in [-0.39, 0.29) is 6.61 Å². The zero-order chi connectivity index (χ0) is 10.7. The van der Waals surface area contributed by atoms with Crippen LogP contribution in [0.25, 0.3) is 10.9 Å². The van der Waals surface area contributed by atoms with Crippen LogP contribution in [0.3, 0.4) is 0 Å².